The lowest BCUT2D eigenvalue weighted by Crippen LogP contribution is -2.58. The third-order valence-electron chi connectivity index (χ3n) is 2.49. The predicted octanol–water partition coefficient (Wildman–Crippen LogP) is 1.58. The minimum Gasteiger partial charge on any atom is -0.444 e. The minimum atomic E-state index is -0.429. The average Bonchev–Trinajstić information content (AvgIpc) is 2.07. The van der Waals surface area contributed by atoms with E-state index in [1.165, 1.54) is 0 Å². The van der Waals surface area contributed by atoms with E-state index in [1.807, 2.05) is 20.8 Å². The molecule has 16 heavy (non-hydrogen) atoms. The van der Waals surface area contributed by atoms with Crippen LogP contribution in [0.3, 0.4) is 0 Å². The third kappa shape index (κ3) is 3.40. The monoisotopic (exact) mass is 227 g/mol. The third-order valence-corrected chi connectivity index (χ3v) is 2.49. The number of nitrogens with zero attached hydrogens (tertiary/aromatic N) is 2. The van der Waals surface area contributed by atoms with Gasteiger partial charge in [-0.1, -0.05) is 6.92 Å². The summed E-state index contributed by atoms with van der Waals surface area (Å²) in [6, 6.07) is 0. The van der Waals surface area contributed by atoms with Gasteiger partial charge < -0.3 is 15.5 Å². The number of rotatable bonds is 2. The van der Waals surface area contributed by atoms with E-state index in [0.717, 1.165) is 6.42 Å². The highest BCUT2D eigenvalue weighted by Crippen LogP contribution is 2.33. The second-order valence-corrected chi connectivity index (χ2v) is 5.68. The quantitative estimate of drug-likeness (QED) is 0.442. The van der Waals surface area contributed by atoms with Crippen LogP contribution < -0.4 is 5.84 Å². The van der Waals surface area contributed by atoms with Crippen LogP contribution in [0.25, 0.3) is 0 Å². The van der Waals surface area contributed by atoms with Gasteiger partial charge in [0.05, 0.1) is 0 Å². The van der Waals surface area contributed by atoms with Crippen molar-refractivity contribution in [1.29, 1.82) is 0 Å². The molecule has 0 saturated carbocycles. The van der Waals surface area contributed by atoms with Gasteiger partial charge in [0.2, 0.25) is 0 Å². The molecule has 0 aromatic rings. The number of carbonyl (C=O) groups is 1. The van der Waals surface area contributed by atoms with Crippen LogP contribution in [-0.4, -0.2) is 35.9 Å². The van der Waals surface area contributed by atoms with Gasteiger partial charge >= 0.3 is 6.09 Å². The summed E-state index contributed by atoms with van der Waals surface area (Å²) in [5.74, 6) is 5.06. The summed E-state index contributed by atoms with van der Waals surface area (Å²) < 4.78 is 5.27. The van der Waals surface area contributed by atoms with Crippen LogP contribution in [0.1, 0.15) is 34.1 Å². The molecule has 0 aromatic heterocycles. The van der Waals surface area contributed by atoms with Crippen molar-refractivity contribution in [2.45, 2.75) is 39.7 Å². The number of amides is 1. The molecule has 0 unspecified atom stereocenters. The number of hydrogen-bond acceptors (Lipinski definition) is 4. The van der Waals surface area contributed by atoms with E-state index in [9.17, 15) is 4.79 Å². The van der Waals surface area contributed by atoms with Crippen LogP contribution in [0.2, 0.25) is 0 Å². The van der Waals surface area contributed by atoms with Crippen LogP contribution in [0.15, 0.2) is 5.10 Å². The van der Waals surface area contributed by atoms with E-state index in [-0.39, 0.29) is 11.5 Å². The van der Waals surface area contributed by atoms with Crippen LogP contribution in [0.5, 0.6) is 0 Å². The van der Waals surface area contributed by atoms with Gasteiger partial charge in [0.25, 0.3) is 0 Å². The zero-order valence-electron chi connectivity index (χ0n) is 10.5. The molecule has 5 nitrogen and oxygen atoms in total. The molecule has 5 heteroatoms. The van der Waals surface area contributed by atoms with Crippen molar-refractivity contribution in [2.75, 3.05) is 13.1 Å². The van der Waals surface area contributed by atoms with Gasteiger partial charge in [-0.2, -0.15) is 5.10 Å². The van der Waals surface area contributed by atoms with Gasteiger partial charge in [0.15, 0.2) is 0 Å². The maximum Gasteiger partial charge on any atom is 0.410 e. The van der Waals surface area contributed by atoms with Crippen LogP contribution in [-0.2, 0) is 4.74 Å². The maximum absolute atomic E-state index is 11.6. The maximum atomic E-state index is 11.6. The smallest absolute Gasteiger partial charge is 0.410 e. The van der Waals surface area contributed by atoms with E-state index < -0.39 is 5.60 Å². The van der Waals surface area contributed by atoms with Crippen molar-refractivity contribution in [3.63, 3.8) is 0 Å². The van der Waals surface area contributed by atoms with Gasteiger partial charge in [-0.25, -0.2) is 4.79 Å². The summed E-state index contributed by atoms with van der Waals surface area (Å²) in [7, 11) is 0. The summed E-state index contributed by atoms with van der Waals surface area (Å²) >= 11 is 0. The summed E-state index contributed by atoms with van der Waals surface area (Å²) in [5.41, 5.74) is -0.332. The molecule has 0 atom stereocenters. The Bertz CT molecular complexity index is 288. The van der Waals surface area contributed by atoms with Crippen LogP contribution in [0, 0.1) is 5.41 Å². The molecular weight excluding hydrogens is 206 g/mol. The topological polar surface area (TPSA) is 67.9 Å². The number of hydrogen-bond donors (Lipinski definition) is 1. The number of likely N-dealkylation sites (tertiary alicyclic amines) is 1. The van der Waals surface area contributed by atoms with Crippen molar-refractivity contribution in [3.05, 3.63) is 0 Å². The second kappa shape index (κ2) is 4.31. The molecule has 0 spiro atoms. The molecule has 1 aliphatic heterocycles. The SMILES string of the molecule is CC1(CC=NN)CN(C(=O)OC(C)(C)C)C1. The van der Waals surface area contributed by atoms with E-state index in [2.05, 4.69) is 12.0 Å². The zero-order valence-corrected chi connectivity index (χ0v) is 10.5. The van der Waals surface area contributed by atoms with Crippen molar-refractivity contribution < 1.29 is 9.53 Å². The number of ether oxygens (including phenoxy) is 1. The Hall–Kier alpha value is -1.26. The number of nitrogens with two attached hydrogens (primary N) is 1. The normalized spacial score (nSPS) is 19.6. The van der Waals surface area contributed by atoms with Gasteiger partial charge in [-0.3, -0.25) is 0 Å². The van der Waals surface area contributed by atoms with E-state index in [4.69, 9.17) is 10.6 Å². The van der Waals surface area contributed by atoms with Crippen molar-refractivity contribution in [2.24, 2.45) is 16.4 Å². The average molecular weight is 227 g/mol. The molecule has 1 fully saturated rings. The molecule has 0 bridgehead atoms. The molecule has 1 saturated heterocycles. The standard InChI is InChI=1S/C11H21N3O2/c1-10(2,3)16-9(15)14-7-11(4,8-14)5-6-13-12/h6H,5,7-8,12H2,1-4H3. The zero-order chi connectivity index (χ0) is 12.4. The van der Waals surface area contributed by atoms with E-state index in [1.54, 1.807) is 11.1 Å². The summed E-state index contributed by atoms with van der Waals surface area (Å²) in [5, 5.41) is 3.47. The van der Waals surface area contributed by atoms with Crippen LogP contribution in [0.4, 0.5) is 4.79 Å². The Morgan fingerprint density at radius 1 is 1.56 bits per heavy atom. The first kappa shape index (κ1) is 12.8. The molecule has 1 aliphatic rings. The van der Waals surface area contributed by atoms with Gasteiger partial charge in [0, 0.05) is 24.7 Å². The molecule has 0 aliphatic carbocycles. The predicted molar refractivity (Wildman–Crippen MR) is 63.2 cm³/mol. The molecule has 1 heterocycles. The molecule has 92 valence electrons. The fourth-order valence-electron chi connectivity index (χ4n) is 1.73. The van der Waals surface area contributed by atoms with Crippen molar-refractivity contribution >= 4 is 12.3 Å². The Balaban J connectivity index is 2.38. The van der Waals surface area contributed by atoms with Crippen molar-refractivity contribution in [3.8, 4) is 0 Å². The first-order valence-corrected chi connectivity index (χ1v) is 5.45. The fraction of sp³-hybridized carbons (Fsp3) is 0.818. The molecule has 1 rings (SSSR count). The Morgan fingerprint density at radius 3 is 2.56 bits per heavy atom. The summed E-state index contributed by atoms with van der Waals surface area (Å²) in [6.45, 7) is 9.11. The molecular formula is C11H21N3O2. The summed E-state index contributed by atoms with van der Waals surface area (Å²) in [4.78, 5) is 13.4. The fourth-order valence-corrected chi connectivity index (χ4v) is 1.73. The highest BCUT2D eigenvalue weighted by molar-refractivity contribution is 5.70. The largest absolute Gasteiger partial charge is 0.444 e. The number of carbonyl (C=O) groups excluding carboxylic acids is 1. The van der Waals surface area contributed by atoms with Gasteiger partial charge in [0.1, 0.15) is 5.60 Å². The lowest BCUT2D eigenvalue weighted by atomic mass is 9.79. The highest BCUT2D eigenvalue weighted by atomic mass is 16.6. The Kier molecular flexibility index (Phi) is 3.45. The highest BCUT2D eigenvalue weighted by Gasteiger charge is 2.42. The molecule has 2 N–H and O–H groups in total. The Morgan fingerprint density at radius 2 is 2.12 bits per heavy atom. The minimum absolute atomic E-state index is 0.0970. The molecule has 0 aromatic carbocycles. The van der Waals surface area contributed by atoms with E-state index in [0.29, 0.717) is 13.1 Å². The first-order valence-electron chi connectivity index (χ1n) is 5.45. The molecule has 0 radical (unpaired) electrons. The number of hydrazone groups is 1. The van der Waals surface area contributed by atoms with Gasteiger partial charge in [-0.15, -0.1) is 0 Å². The van der Waals surface area contributed by atoms with Crippen LogP contribution >= 0.6 is 0 Å². The summed E-state index contributed by atoms with van der Waals surface area (Å²) in [6.07, 6.45) is 2.24. The van der Waals surface area contributed by atoms with Crippen molar-refractivity contribution in [1.82, 2.24) is 4.90 Å². The lowest BCUT2D eigenvalue weighted by molar-refractivity contribution is -0.0251. The Labute approximate surface area is 96.6 Å². The molecule has 1 amide bonds. The second-order valence-electron chi connectivity index (χ2n) is 5.68. The first-order chi connectivity index (χ1) is 7.26. The van der Waals surface area contributed by atoms with E-state index >= 15 is 0 Å². The van der Waals surface area contributed by atoms with Gasteiger partial charge in [-0.05, 0) is 27.2 Å². The lowest BCUT2D eigenvalue weighted by Gasteiger charge is -2.47.